The lowest BCUT2D eigenvalue weighted by Gasteiger charge is -2.09. The molecule has 0 aliphatic heterocycles. The number of nitrogens with one attached hydrogen (secondary N) is 1. The standard InChI is InChI=1S/C20H15ClN2O3S2/c1-26-16-7-9-17(10-8-16)28(24,25)23-15-5-2-13(3-6-15)20-22-18-11-4-14(21)12-19(18)27-20/h2-12,23H,1H3. The first-order chi connectivity index (χ1) is 13.4. The predicted molar refractivity (Wildman–Crippen MR) is 114 cm³/mol. The van der Waals surface area contributed by atoms with E-state index in [-0.39, 0.29) is 4.90 Å². The second-order valence-electron chi connectivity index (χ2n) is 5.99. The fourth-order valence-electron chi connectivity index (χ4n) is 2.67. The van der Waals surface area contributed by atoms with E-state index in [2.05, 4.69) is 9.71 Å². The van der Waals surface area contributed by atoms with E-state index in [1.165, 1.54) is 30.6 Å². The molecule has 4 rings (SSSR count). The molecule has 4 aromatic rings. The molecule has 0 atom stereocenters. The predicted octanol–water partition coefficient (Wildman–Crippen LogP) is 5.43. The quantitative estimate of drug-likeness (QED) is 0.458. The maximum Gasteiger partial charge on any atom is 0.261 e. The van der Waals surface area contributed by atoms with Gasteiger partial charge < -0.3 is 4.74 Å². The van der Waals surface area contributed by atoms with E-state index in [4.69, 9.17) is 16.3 Å². The van der Waals surface area contributed by atoms with Crippen molar-refractivity contribution in [1.82, 2.24) is 4.98 Å². The Balaban J connectivity index is 1.56. The lowest BCUT2D eigenvalue weighted by molar-refractivity contribution is 0.414. The maximum absolute atomic E-state index is 12.5. The topological polar surface area (TPSA) is 68.3 Å². The molecule has 0 fully saturated rings. The zero-order chi connectivity index (χ0) is 19.7. The normalized spacial score (nSPS) is 11.5. The molecule has 5 nitrogen and oxygen atoms in total. The van der Waals surface area contributed by atoms with Gasteiger partial charge in [-0.3, -0.25) is 4.72 Å². The third-order valence-electron chi connectivity index (χ3n) is 4.10. The summed E-state index contributed by atoms with van der Waals surface area (Å²) in [4.78, 5) is 4.77. The summed E-state index contributed by atoms with van der Waals surface area (Å²) < 4.78 is 33.7. The summed E-state index contributed by atoms with van der Waals surface area (Å²) in [6.07, 6.45) is 0. The summed E-state index contributed by atoms with van der Waals surface area (Å²) in [7, 11) is -2.14. The maximum atomic E-state index is 12.5. The van der Waals surface area contributed by atoms with Crippen LogP contribution in [0.15, 0.2) is 71.6 Å². The van der Waals surface area contributed by atoms with Gasteiger partial charge in [0.15, 0.2) is 0 Å². The van der Waals surface area contributed by atoms with Crippen molar-refractivity contribution in [1.29, 1.82) is 0 Å². The number of aromatic nitrogens is 1. The Morgan fingerprint density at radius 1 is 1.00 bits per heavy atom. The van der Waals surface area contributed by atoms with Crippen LogP contribution in [0.1, 0.15) is 0 Å². The second kappa shape index (κ2) is 7.43. The van der Waals surface area contributed by atoms with E-state index in [9.17, 15) is 8.42 Å². The highest BCUT2D eigenvalue weighted by atomic mass is 35.5. The first-order valence-electron chi connectivity index (χ1n) is 8.28. The molecule has 28 heavy (non-hydrogen) atoms. The van der Waals surface area contributed by atoms with Gasteiger partial charge in [0, 0.05) is 16.3 Å². The summed E-state index contributed by atoms with van der Waals surface area (Å²) in [5.41, 5.74) is 2.27. The molecule has 3 aromatic carbocycles. The molecule has 142 valence electrons. The van der Waals surface area contributed by atoms with Crippen LogP contribution in [-0.4, -0.2) is 20.5 Å². The molecule has 0 saturated heterocycles. The molecule has 1 N–H and O–H groups in total. The minimum absolute atomic E-state index is 0.167. The molecule has 1 heterocycles. The molecule has 8 heteroatoms. The smallest absolute Gasteiger partial charge is 0.261 e. The number of methoxy groups -OCH3 is 1. The van der Waals surface area contributed by atoms with Crippen molar-refractivity contribution < 1.29 is 13.2 Å². The van der Waals surface area contributed by atoms with Crippen molar-refractivity contribution in [3.63, 3.8) is 0 Å². The highest BCUT2D eigenvalue weighted by Gasteiger charge is 2.14. The Hall–Kier alpha value is -2.61. The van der Waals surface area contributed by atoms with Gasteiger partial charge >= 0.3 is 0 Å². The van der Waals surface area contributed by atoms with E-state index in [0.29, 0.717) is 16.5 Å². The van der Waals surface area contributed by atoms with Crippen LogP contribution >= 0.6 is 22.9 Å². The number of halogens is 1. The molecule has 0 unspecified atom stereocenters. The van der Waals surface area contributed by atoms with Gasteiger partial charge in [0.25, 0.3) is 10.0 Å². The molecule has 0 saturated carbocycles. The average molecular weight is 431 g/mol. The van der Waals surface area contributed by atoms with Crippen LogP contribution < -0.4 is 9.46 Å². The second-order valence-corrected chi connectivity index (χ2v) is 9.14. The largest absolute Gasteiger partial charge is 0.497 e. The molecular formula is C20H15ClN2O3S2. The monoisotopic (exact) mass is 430 g/mol. The van der Waals surface area contributed by atoms with Gasteiger partial charge in [-0.2, -0.15) is 0 Å². The van der Waals surface area contributed by atoms with Gasteiger partial charge in [0.2, 0.25) is 0 Å². The molecule has 0 aliphatic rings. The first-order valence-corrected chi connectivity index (χ1v) is 11.0. The van der Waals surface area contributed by atoms with Crippen molar-refractivity contribution in [3.8, 4) is 16.3 Å². The van der Waals surface area contributed by atoms with Crippen LogP contribution in [0.2, 0.25) is 5.02 Å². The number of hydrogen-bond acceptors (Lipinski definition) is 5. The van der Waals surface area contributed by atoms with E-state index in [1.807, 2.05) is 30.3 Å². The van der Waals surface area contributed by atoms with Gasteiger partial charge in [0.1, 0.15) is 10.8 Å². The van der Waals surface area contributed by atoms with Crippen LogP contribution in [0.25, 0.3) is 20.8 Å². The number of nitrogens with zero attached hydrogens (tertiary/aromatic N) is 1. The number of rotatable bonds is 5. The number of benzene rings is 3. The molecule has 0 bridgehead atoms. The summed E-state index contributed by atoms with van der Waals surface area (Å²) >= 11 is 7.57. The van der Waals surface area contributed by atoms with E-state index in [1.54, 1.807) is 24.3 Å². The van der Waals surface area contributed by atoms with Gasteiger partial charge in [-0.25, -0.2) is 13.4 Å². The molecule has 0 amide bonds. The Labute approximate surface area is 171 Å². The van der Waals surface area contributed by atoms with E-state index in [0.717, 1.165) is 20.8 Å². The SMILES string of the molecule is COc1ccc(S(=O)(=O)Nc2ccc(-c3nc4ccc(Cl)cc4s3)cc2)cc1. The van der Waals surface area contributed by atoms with Crippen LogP contribution in [0.3, 0.4) is 0 Å². The highest BCUT2D eigenvalue weighted by Crippen LogP contribution is 2.32. The van der Waals surface area contributed by atoms with Gasteiger partial charge in [-0.15, -0.1) is 11.3 Å². The third kappa shape index (κ3) is 3.82. The fourth-order valence-corrected chi connectivity index (χ4v) is 4.98. The third-order valence-corrected chi connectivity index (χ3v) is 6.80. The molecule has 1 aromatic heterocycles. The number of fused-ring (bicyclic) bond motifs is 1. The van der Waals surface area contributed by atoms with Crippen LogP contribution in [0, 0.1) is 0 Å². The van der Waals surface area contributed by atoms with Gasteiger partial charge in [-0.05, 0) is 66.7 Å². The molecule has 0 radical (unpaired) electrons. The molecule has 0 spiro atoms. The van der Waals surface area contributed by atoms with Crippen LogP contribution in [0.5, 0.6) is 5.75 Å². The van der Waals surface area contributed by atoms with Gasteiger partial charge in [-0.1, -0.05) is 11.6 Å². The number of ether oxygens (including phenoxy) is 1. The summed E-state index contributed by atoms with van der Waals surface area (Å²) in [5.74, 6) is 0.598. The zero-order valence-corrected chi connectivity index (χ0v) is 17.1. The summed E-state index contributed by atoms with van der Waals surface area (Å²) in [5, 5.41) is 1.52. The Morgan fingerprint density at radius 2 is 1.71 bits per heavy atom. The summed E-state index contributed by atoms with van der Waals surface area (Å²) in [6.45, 7) is 0. The van der Waals surface area contributed by atoms with Crippen molar-refractivity contribution in [2.45, 2.75) is 4.90 Å². The van der Waals surface area contributed by atoms with Gasteiger partial charge in [0.05, 0.1) is 22.2 Å². The Morgan fingerprint density at radius 3 is 2.39 bits per heavy atom. The average Bonchev–Trinajstić information content (AvgIpc) is 3.11. The number of anilines is 1. The number of sulfonamides is 1. The van der Waals surface area contributed by atoms with Crippen molar-refractivity contribution in [2.24, 2.45) is 0 Å². The number of thiazole rings is 1. The molecule has 0 aliphatic carbocycles. The fraction of sp³-hybridized carbons (Fsp3) is 0.0500. The Bertz CT molecular complexity index is 1230. The minimum atomic E-state index is -3.67. The van der Waals surface area contributed by atoms with Crippen molar-refractivity contribution >= 4 is 48.9 Å². The zero-order valence-electron chi connectivity index (χ0n) is 14.7. The van der Waals surface area contributed by atoms with Crippen molar-refractivity contribution in [3.05, 3.63) is 71.8 Å². The van der Waals surface area contributed by atoms with Crippen LogP contribution in [-0.2, 0) is 10.0 Å². The molecular weight excluding hydrogens is 416 g/mol. The van der Waals surface area contributed by atoms with E-state index < -0.39 is 10.0 Å². The van der Waals surface area contributed by atoms with E-state index >= 15 is 0 Å². The van der Waals surface area contributed by atoms with Crippen molar-refractivity contribution in [2.75, 3.05) is 11.8 Å². The summed E-state index contributed by atoms with van der Waals surface area (Å²) in [6, 6.07) is 18.9. The lowest BCUT2D eigenvalue weighted by Crippen LogP contribution is -2.12. The Kier molecular flexibility index (Phi) is 4.97. The minimum Gasteiger partial charge on any atom is -0.497 e. The first kappa shape index (κ1) is 18.7. The highest BCUT2D eigenvalue weighted by molar-refractivity contribution is 7.92. The van der Waals surface area contributed by atoms with Crippen LogP contribution in [0.4, 0.5) is 5.69 Å². The number of hydrogen-bond donors (Lipinski definition) is 1. The lowest BCUT2D eigenvalue weighted by atomic mass is 10.2.